The third kappa shape index (κ3) is 6.40. The summed E-state index contributed by atoms with van der Waals surface area (Å²) in [6, 6.07) is 5.89. The quantitative estimate of drug-likeness (QED) is 0.370. The first-order valence-corrected chi connectivity index (χ1v) is 7.61. The van der Waals surface area contributed by atoms with Crippen molar-refractivity contribution in [3.05, 3.63) is 35.5 Å². The van der Waals surface area contributed by atoms with Gasteiger partial charge in [0.2, 0.25) is 5.89 Å². The topological polar surface area (TPSA) is 93.8 Å². The Morgan fingerprint density at radius 3 is 2.56 bits per heavy atom. The Bertz CT molecular complexity index is 690. The van der Waals surface area contributed by atoms with Gasteiger partial charge in [0.05, 0.1) is 20.8 Å². The fraction of sp³-hybridized carbons (Fsp3) is 0.438. The predicted octanol–water partition coefficient (Wildman–Crippen LogP) is 1.92. The van der Waals surface area contributed by atoms with Crippen LogP contribution in [0.3, 0.4) is 0 Å². The molecule has 0 unspecified atom stereocenters. The van der Waals surface area contributed by atoms with Gasteiger partial charge in [-0.25, -0.2) is 0 Å². The van der Waals surface area contributed by atoms with Crippen LogP contribution >= 0.6 is 24.0 Å². The average molecular weight is 461 g/mol. The van der Waals surface area contributed by atoms with Crippen molar-refractivity contribution >= 4 is 29.9 Å². The van der Waals surface area contributed by atoms with E-state index in [2.05, 4.69) is 25.8 Å². The van der Waals surface area contributed by atoms with Gasteiger partial charge >= 0.3 is 0 Å². The summed E-state index contributed by atoms with van der Waals surface area (Å²) in [5.74, 6) is 3.26. The third-order valence-electron chi connectivity index (χ3n) is 3.35. The van der Waals surface area contributed by atoms with Crippen LogP contribution in [0, 0.1) is 6.92 Å². The van der Waals surface area contributed by atoms with E-state index in [0.29, 0.717) is 24.2 Å². The van der Waals surface area contributed by atoms with Gasteiger partial charge in [-0.05, 0) is 31.0 Å². The van der Waals surface area contributed by atoms with Crippen LogP contribution in [0.5, 0.6) is 11.5 Å². The lowest BCUT2D eigenvalue weighted by Crippen LogP contribution is -2.37. The number of guanidine groups is 1. The highest BCUT2D eigenvalue weighted by Gasteiger charge is 2.06. The Hall–Kier alpha value is -2.04. The van der Waals surface area contributed by atoms with Crippen LogP contribution in [-0.2, 0) is 13.0 Å². The summed E-state index contributed by atoms with van der Waals surface area (Å²) in [7, 11) is 4.97. The van der Waals surface area contributed by atoms with E-state index >= 15 is 0 Å². The van der Waals surface area contributed by atoms with E-state index in [-0.39, 0.29) is 24.0 Å². The van der Waals surface area contributed by atoms with Crippen molar-refractivity contribution in [2.75, 3.05) is 27.8 Å². The first-order valence-electron chi connectivity index (χ1n) is 7.61. The monoisotopic (exact) mass is 461 g/mol. The minimum absolute atomic E-state index is 0. The molecule has 8 nitrogen and oxygen atoms in total. The molecule has 0 aliphatic carbocycles. The second-order valence-corrected chi connectivity index (χ2v) is 5.03. The van der Waals surface area contributed by atoms with E-state index in [4.69, 9.17) is 14.0 Å². The number of aliphatic imine (C=N–C) groups is 1. The molecule has 0 saturated heterocycles. The average Bonchev–Trinajstić information content (AvgIpc) is 3.03. The molecule has 0 aliphatic rings. The van der Waals surface area contributed by atoms with E-state index in [1.807, 2.05) is 18.2 Å². The molecule has 2 rings (SSSR count). The number of ether oxygens (including phenoxy) is 2. The number of hydrogen-bond donors (Lipinski definition) is 2. The van der Waals surface area contributed by atoms with Gasteiger partial charge in [0.1, 0.15) is 0 Å². The second-order valence-electron chi connectivity index (χ2n) is 5.03. The molecule has 0 aliphatic heterocycles. The van der Waals surface area contributed by atoms with Gasteiger partial charge in [0.25, 0.3) is 0 Å². The lowest BCUT2D eigenvalue weighted by atomic mass is 10.1. The molecule has 0 atom stereocenters. The predicted molar refractivity (Wildman–Crippen MR) is 106 cm³/mol. The second kappa shape index (κ2) is 10.7. The molecule has 1 aromatic heterocycles. The summed E-state index contributed by atoms with van der Waals surface area (Å²) in [5, 5.41) is 10.1. The minimum atomic E-state index is 0. The van der Waals surface area contributed by atoms with E-state index < -0.39 is 0 Å². The molecule has 0 amide bonds. The molecule has 0 bridgehead atoms. The Kier molecular flexibility index (Phi) is 9.03. The fourth-order valence-electron chi connectivity index (χ4n) is 2.15. The Morgan fingerprint density at radius 2 is 1.96 bits per heavy atom. The summed E-state index contributed by atoms with van der Waals surface area (Å²) in [5.41, 5.74) is 1.14. The van der Waals surface area contributed by atoms with Crippen LogP contribution in [0.15, 0.2) is 27.7 Å². The summed E-state index contributed by atoms with van der Waals surface area (Å²) >= 11 is 0. The third-order valence-corrected chi connectivity index (χ3v) is 3.35. The van der Waals surface area contributed by atoms with Crippen LogP contribution < -0.4 is 20.1 Å². The molecule has 2 aromatic rings. The SMILES string of the molecule is CN=C(NCCc1ccc(OC)c(OC)c1)NCc1nc(C)no1.I. The number of nitrogens with one attached hydrogen (secondary N) is 2. The molecule has 9 heteroatoms. The lowest BCUT2D eigenvalue weighted by molar-refractivity contribution is 0.354. The maximum atomic E-state index is 5.31. The zero-order valence-electron chi connectivity index (χ0n) is 14.8. The zero-order chi connectivity index (χ0) is 17.4. The summed E-state index contributed by atoms with van der Waals surface area (Å²) < 4.78 is 15.6. The van der Waals surface area contributed by atoms with Crippen molar-refractivity contribution in [1.82, 2.24) is 20.8 Å². The number of hydrogen-bond acceptors (Lipinski definition) is 6. The first kappa shape index (κ1) is 21.0. The largest absolute Gasteiger partial charge is 0.493 e. The number of halogens is 1. The summed E-state index contributed by atoms with van der Waals surface area (Å²) in [4.78, 5) is 8.29. The lowest BCUT2D eigenvalue weighted by Gasteiger charge is -2.12. The van der Waals surface area contributed by atoms with Crippen LogP contribution in [0.1, 0.15) is 17.3 Å². The molecule has 25 heavy (non-hydrogen) atoms. The number of benzene rings is 1. The summed E-state index contributed by atoms with van der Waals surface area (Å²) in [6.07, 6.45) is 0.820. The molecule has 2 N–H and O–H groups in total. The first-order chi connectivity index (χ1) is 11.7. The van der Waals surface area contributed by atoms with E-state index in [1.54, 1.807) is 28.2 Å². The van der Waals surface area contributed by atoms with Gasteiger partial charge in [-0.1, -0.05) is 11.2 Å². The van der Waals surface area contributed by atoms with Crippen molar-refractivity contribution in [3.8, 4) is 11.5 Å². The molecule has 1 aromatic carbocycles. The van der Waals surface area contributed by atoms with E-state index in [0.717, 1.165) is 30.0 Å². The van der Waals surface area contributed by atoms with Crippen LogP contribution in [-0.4, -0.2) is 43.9 Å². The van der Waals surface area contributed by atoms with Crippen molar-refractivity contribution in [1.29, 1.82) is 0 Å². The highest BCUT2D eigenvalue weighted by molar-refractivity contribution is 14.0. The highest BCUT2D eigenvalue weighted by atomic mass is 127. The van der Waals surface area contributed by atoms with Crippen LogP contribution in [0.4, 0.5) is 0 Å². The Balaban J connectivity index is 0.00000312. The molecular weight excluding hydrogens is 437 g/mol. The maximum absolute atomic E-state index is 5.31. The van der Waals surface area contributed by atoms with Gasteiger partial charge in [-0.15, -0.1) is 24.0 Å². The van der Waals surface area contributed by atoms with Crippen LogP contribution in [0.2, 0.25) is 0 Å². The van der Waals surface area contributed by atoms with E-state index in [9.17, 15) is 0 Å². The Labute approximate surface area is 164 Å². The van der Waals surface area contributed by atoms with Gasteiger partial charge < -0.3 is 24.6 Å². The molecule has 1 heterocycles. The standard InChI is InChI=1S/C16H23N5O3.HI/c1-11-20-15(24-21-11)10-19-16(17-2)18-8-7-12-5-6-13(22-3)14(9-12)23-4;/h5-6,9H,7-8,10H2,1-4H3,(H2,17,18,19);1H. The van der Waals surface area contributed by atoms with Crippen molar-refractivity contribution < 1.29 is 14.0 Å². The van der Waals surface area contributed by atoms with Crippen molar-refractivity contribution in [2.45, 2.75) is 19.9 Å². The van der Waals surface area contributed by atoms with Gasteiger partial charge in [0.15, 0.2) is 23.3 Å². The maximum Gasteiger partial charge on any atom is 0.246 e. The van der Waals surface area contributed by atoms with Gasteiger partial charge in [-0.2, -0.15) is 4.98 Å². The molecule has 0 saturated carbocycles. The van der Waals surface area contributed by atoms with E-state index in [1.165, 1.54) is 0 Å². The molecule has 0 fully saturated rings. The minimum Gasteiger partial charge on any atom is -0.493 e. The number of aromatic nitrogens is 2. The molecule has 0 spiro atoms. The van der Waals surface area contributed by atoms with Gasteiger partial charge in [0, 0.05) is 13.6 Å². The fourth-order valence-corrected chi connectivity index (χ4v) is 2.15. The number of rotatable bonds is 7. The van der Waals surface area contributed by atoms with Crippen molar-refractivity contribution in [2.24, 2.45) is 4.99 Å². The van der Waals surface area contributed by atoms with Gasteiger partial charge in [-0.3, -0.25) is 4.99 Å². The zero-order valence-corrected chi connectivity index (χ0v) is 17.2. The molecule has 0 radical (unpaired) electrons. The van der Waals surface area contributed by atoms with Crippen LogP contribution in [0.25, 0.3) is 0 Å². The number of aryl methyl sites for hydroxylation is 1. The molecular formula is C16H24IN5O3. The molecule has 138 valence electrons. The van der Waals surface area contributed by atoms with Crippen molar-refractivity contribution in [3.63, 3.8) is 0 Å². The number of methoxy groups -OCH3 is 2. The Morgan fingerprint density at radius 1 is 1.20 bits per heavy atom. The number of nitrogens with zero attached hydrogens (tertiary/aromatic N) is 3. The summed E-state index contributed by atoms with van der Waals surface area (Å²) in [6.45, 7) is 2.93. The smallest absolute Gasteiger partial charge is 0.246 e. The highest BCUT2D eigenvalue weighted by Crippen LogP contribution is 2.27. The normalized spacial score (nSPS) is 10.8.